The maximum atomic E-state index is 11.6. The Kier molecular flexibility index (Phi) is 8.80. The second-order valence-corrected chi connectivity index (χ2v) is 6.55. The topological polar surface area (TPSA) is 81.4 Å². The van der Waals surface area contributed by atoms with Gasteiger partial charge in [-0.3, -0.25) is 0 Å². The Morgan fingerprint density at radius 2 is 1.85 bits per heavy atom. The second-order valence-electron chi connectivity index (χ2n) is 4.62. The van der Waals surface area contributed by atoms with E-state index in [-0.39, 0.29) is 30.9 Å². The molecule has 0 aliphatic heterocycles. The number of sulfonamides is 1. The molecule has 0 saturated heterocycles. The lowest BCUT2D eigenvalue weighted by atomic mass is 10.1. The summed E-state index contributed by atoms with van der Waals surface area (Å²) in [6.07, 6.45) is 0.690. The van der Waals surface area contributed by atoms with Crippen molar-refractivity contribution in [3.05, 3.63) is 29.8 Å². The number of nitrogens with two attached hydrogens (primary N) is 1. The van der Waals surface area contributed by atoms with E-state index in [0.717, 1.165) is 5.56 Å². The number of rotatable bonds is 8. The van der Waals surface area contributed by atoms with Gasteiger partial charge in [-0.15, -0.1) is 12.4 Å². The van der Waals surface area contributed by atoms with Gasteiger partial charge in [0.25, 0.3) is 0 Å². The van der Waals surface area contributed by atoms with Crippen molar-refractivity contribution in [1.82, 2.24) is 4.72 Å². The lowest BCUT2D eigenvalue weighted by Crippen LogP contribution is -2.30. The van der Waals surface area contributed by atoms with Crippen LogP contribution >= 0.6 is 12.4 Å². The highest BCUT2D eigenvalue weighted by atomic mass is 35.5. The number of benzene rings is 1. The molecule has 20 heavy (non-hydrogen) atoms. The van der Waals surface area contributed by atoms with Crippen molar-refractivity contribution in [3.8, 4) is 0 Å². The fourth-order valence-electron chi connectivity index (χ4n) is 1.50. The molecular formula is C13H23ClN2O3S. The molecule has 0 heterocycles. The van der Waals surface area contributed by atoms with Gasteiger partial charge in [-0.05, 0) is 38.0 Å². The third-order valence-corrected chi connectivity index (χ3v) is 3.87. The molecule has 0 amide bonds. The Hall–Kier alpha value is -0.820. The first kappa shape index (κ1) is 19.2. The SMILES string of the molecule is CC(C)OCCS(=O)(=O)NCCc1ccc(N)cc1.Cl. The van der Waals surface area contributed by atoms with E-state index in [0.29, 0.717) is 18.7 Å². The molecule has 0 atom stereocenters. The molecular weight excluding hydrogens is 300 g/mol. The summed E-state index contributed by atoms with van der Waals surface area (Å²) < 4.78 is 31.1. The minimum Gasteiger partial charge on any atom is -0.399 e. The molecule has 1 aromatic carbocycles. The van der Waals surface area contributed by atoms with Gasteiger partial charge >= 0.3 is 0 Å². The van der Waals surface area contributed by atoms with Crippen LogP contribution in [-0.4, -0.2) is 33.4 Å². The number of hydrogen-bond acceptors (Lipinski definition) is 4. The predicted molar refractivity (Wildman–Crippen MR) is 84.7 cm³/mol. The van der Waals surface area contributed by atoms with Crippen LogP contribution in [0.5, 0.6) is 0 Å². The quantitative estimate of drug-likeness (QED) is 0.712. The molecule has 3 N–H and O–H groups in total. The van der Waals surface area contributed by atoms with E-state index in [4.69, 9.17) is 10.5 Å². The normalized spacial score (nSPS) is 11.3. The molecule has 0 aliphatic carbocycles. The van der Waals surface area contributed by atoms with Crippen LogP contribution in [0.2, 0.25) is 0 Å². The summed E-state index contributed by atoms with van der Waals surface area (Å²) in [6.45, 7) is 4.35. The molecule has 0 radical (unpaired) electrons. The van der Waals surface area contributed by atoms with E-state index >= 15 is 0 Å². The number of ether oxygens (including phenoxy) is 1. The number of nitrogens with one attached hydrogen (secondary N) is 1. The number of halogens is 1. The Morgan fingerprint density at radius 1 is 1.25 bits per heavy atom. The van der Waals surface area contributed by atoms with Crippen LogP contribution < -0.4 is 10.5 Å². The summed E-state index contributed by atoms with van der Waals surface area (Å²) >= 11 is 0. The number of anilines is 1. The fraction of sp³-hybridized carbons (Fsp3) is 0.538. The Bertz CT molecular complexity index is 475. The molecule has 0 bridgehead atoms. The molecule has 0 fully saturated rings. The van der Waals surface area contributed by atoms with Crippen LogP contribution in [0.3, 0.4) is 0 Å². The molecule has 7 heteroatoms. The van der Waals surface area contributed by atoms with Gasteiger partial charge in [0.15, 0.2) is 0 Å². The highest BCUT2D eigenvalue weighted by Crippen LogP contribution is 2.05. The Balaban J connectivity index is 0.00000361. The third-order valence-electron chi connectivity index (χ3n) is 2.52. The zero-order chi connectivity index (χ0) is 14.3. The smallest absolute Gasteiger partial charge is 0.213 e. The first-order chi connectivity index (χ1) is 8.89. The van der Waals surface area contributed by atoms with Crippen LogP contribution in [0.25, 0.3) is 0 Å². The van der Waals surface area contributed by atoms with Crippen LogP contribution in [0.1, 0.15) is 19.4 Å². The van der Waals surface area contributed by atoms with Gasteiger partial charge in [0, 0.05) is 12.2 Å². The number of nitrogen functional groups attached to an aromatic ring is 1. The van der Waals surface area contributed by atoms with E-state index in [9.17, 15) is 8.42 Å². The van der Waals surface area contributed by atoms with E-state index in [1.54, 1.807) is 12.1 Å². The van der Waals surface area contributed by atoms with E-state index in [1.807, 2.05) is 26.0 Å². The van der Waals surface area contributed by atoms with Gasteiger partial charge in [0.2, 0.25) is 10.0 Å². The molecule has 0 aromatic heterocycles. The van der Waals surface area contributed by atoms with Crippen molar-refractivity contribution in [2.24, 2.45) is 0 Å². The van der Waals surface area contributed by atoms with Crippen molar-refractivity contribution < 1.29 is 13.2 Å². The molecule has 1 rings (SSSR count). The summed E-state index contributed by atoms with van der Waals surface area (Å²) in [7, 11) is -3.26. The van der Waals surface area contributed by atoms with Crippen LogP contribution in [0.15, 0.2) is 24.3 Å². The predicted octanol–water partition coefficient (Wildman–Crippen LogP) is 1.58. The van der Waals surface area contributed by atoms with Crippen LogP contribution in [0, 0.1) is 0 Å². The van der Waals surface area contributed by atoms with Gasteiger partial charge in [-0.25, -0.2) is 13.1 Å². The summed E-state index contributed by atoms with van der Waals surface area (Å²) in [5, 5.41) is 0. The fourth-order valence-corrected chi connectivity index (χ4v) is 2.37. The molecule has 116 valence electrons. The maximum Gasteiger partial charge on any atom is 0.213 e. The molecule has 0 aliphatic rings. The van der Waals surface area contributed by atoms with Crippen molar-refractivity contribution in [1.29, 1.82) is 0 Å². The first-order valence-electron chi connectivity index (χ1n) is 6.32. The highest BCUT2D eigenvalue weighted by Gasteiger charge is 2.09. The third kappa shape index (κ3) is 8.37. The average molecular weight is 323 g/mol. The largest absolute Gasteiger partial charge is 0.399 e. The van der Waals surface area contributed by atoms with E-state index in [2.05, 4.69) is 4.72 Å². The minimum atomic E-state index is -3.26. The van der Waals surface area contributed by atoms with E-state index in [1.165, 1.54) is 0 Å². The summed E-state index contributed by atoms with van der Waals surface area (Å²) in [6, 6.07) is 7.40. The zero-order valence-electron chi connectivity index (χ0n) is 11.8. The lowest BCUT2D eigenvalue weighted by Gasteiger charge is -2.09. The first-order valence-corrected chi connectivity index (χ1v) is 7.97. The van der Waals surface area contributed by atoms with Crippen molar-refractivity contribution in [2.75, 3.05) is 24.6 Å². The maximum absolute atomic E-state index is 11.6. The van der Waals surface area contributed by atoms with Crippen molar-refractivity contribution in [3.63, 3.8) is 0 Å². The van der Waals surface area contributed by atoms with Gasteiger partial charge in [-0.2, -0.15) is 0 Å². The van der Waals surface area contributed by atoms with Crippen LogP contribution in [-0.2, 0) is 21.2 Å². The van der Waals surface area contributed by atoms with Gasteiger partial charge < -0.3 is 10.5 Å². The molecule has 0 spiro atoms. The molecule has 0 unspecified atom stereocenters. The molecule has 1 aromatic rings. The summed E-state index contributed by atoms with van der Waals surface area (Å²) in [5.74, 6) is -0.00703. The lowest BCUT2D eigenvalue weighted by molar-refractivity contribution is 0.0911. The average Bonchev–Trinajstić information content (AvgIpc) is 2.30. The van der Waals surface area contributed by atoms with Crippen LogP contribution in [0.4, 0.5) is 5.69 Å². The van der Waals surface area contributed by atoms with Crippen molar-refractivity contribution in [2.45, 2.75) is 26.4 Å². The van der Waals surface area contributed by atoms with Gasteiger partial charge in [0.1, 0.15) is 0 Å². The Labute approximate surface area is 127 Å². The monoisotopic (exact) mass is 322 g/mol. The second kappa shape index (κ2) is 9.18. The molecule has 5 nitrogen and oxygen atoms in total. The summed E-state index contributed by atoms with van der Waals surface area (Å²) in [5.41, 5.74) is 7.33. The van der Waals surface area contributed by atoms with Gasteiger partial charge in [-0.1, -0.05) is 12.1 Å². The summed E-state index contributed by atoms with van der Waals surface area (Å²) in [4.78, 5) is 0. The highest BCUT2D eigenvalue weighted by molar-refractivity contribution is 7.89. The minimum absolute atomic E-state index is 0. The number of hydrogen-bond donors (Lipinski definition) is 2. The van der Waals surface area contributed by atoms with Gasteiger partial charge in [0.05, 0.1) is 18.5 Å². The van der Waals surface area contributed by atoms with Crippen molar-refractivity contribution >= 4 is 28.1 Å². The Morgan fingerprint density at radius 3 is 2.40 bits per heavy atom. The molecule has 0 saturated carbocycles. The van der Waals surface area contributed by atoms with E-state index < -0.39 is 10.0 Å². The zero-order valence-corrected chi connectivity index (χ0v) is 13.5. The standard InChI is InChI=1S/C13H22N2O3S.ClH/c1-11(2)18-9-10-19(16,17)15-8-7-12-3-5-13(14)6-4-12;/h3-6,11,15H,7-10,14H2,1-2H3;1H.